The van der Waals surface area contributed by atoms with Gasteiger partial charge in [-0.15, -0.1) is 0 Å². The Balaban J connectivity index is 1.74. The highest BCUT2D eigenvalue weighted by Crippen LogP contribution is 2.20. The maximum absolute atomic E-state index is 11.4. The van der Waals surface area contributed by atoms with Gasteiger partial charge in [0.15, 0.2) is 0 Å². The molecule has 0 aliphatic rings. The van der Waals surface area contributed by atoms with E-state index in [1.165, 1.54) is 10.9 Å². The summed E-state index contributed by atoms with van der Waals surface area (Å²) in [5.74, 6) is -0.530. The highest BCUT2D eigenvalue weighted by molar-refractivity contribution is 5.93. The van der Waals surface area contributed by atoms with Gasteiger partial charge in [0.2, 0.25) is 0 Å². The van der Waals surface area contributed by atoms with E-state index in [-0.39, 0.29) is 6.61 Å². The summed E-state index contributed by atoms with van der Waals surface area (Å²) >= 11 is 0. The van der Waals surface area contributed by atoms with Crippen molar-refractivity contribution < 1.29 is 15.1 Å². The van der Waals surface area contributed by atoms with Gasteiger partial charge in [-0.1, -0.05) is 30.3 Å². The zero-order valence-corrected chi connectivity index (χ0v) is 13.8. The zero-order valence-electron chi connectivity index (χ0n) is 13.8. The van der Waals surface area contributed by atoms with Crippen LogP contribution in [0.5, 0.6) is 0 Å². The van der Waals surface area contributed by atoms with Crippen LogP contribution in [0.1, 0.15) is 21.5 Å². The molecular weight excluding hydrogens is 318 g/mol. The van der Waals surface area contributed by atoms with Crippen LogP contribution in [0.4, 0.5) is 0 Å². The first-order valence-electron chi connectivity index (χ1n) is 8.13. The average molecular weight is 339 g/mol. The minimum atomic E-state index is -0.530. The Morgan fingerprint density at radius 2 is 1.84 bits per heavy atom. The third-order valence-corrected chi connectivity index (χ3v) is 4.21. The largest absolute Gasteiger partial charge is 0.395 e. The highest BCUT2D eigenvalue weighted by atomic mass is 16.5. The van der Waals surface area contributed by atoms with Crippen molar-refractivity contribution in [3.8, 4) is 0 Å². The van der Waals surface area contributed by atoms with Crippen LogP contribution in [0.25, 0.3) is 10.9 Å². The van der Waals surface area contributed by atoms with E-state index in [1.54, 1.807) is 17.6 Å². The van der Waals surface area contributed by atoms with Gasteiger partial charge in [-0.2, -0.15) is 0 Å². The summed E-state index contributed by atoms with van der Waals surface area (Å²) in [6.45, 7) is 2.00. The molecule has 3 aromatic rings. The number of hydrogen-bond donors (Lipinski definition) is 4. The number of hydrogen-bond acceptors (Lipinski definition) is 4. The van der Waals surface area contributed by atoms with Crippen LogP contribution in [-0.4, -0.2) is 39.3 Å². The second-order valence-electron chi connectivity index (χ2n) is 5.93. The Kier molecular flexibility index (Phi) is 5.45. The Hall–Kier alpha value is -2.67. The molecule has 0 saturated heterocycles. The topological polar surface area (TPSA) is 88.6 Å². The summed E-state index contributed by atoms with van der Waals surface area (Å²) in [7, 11) is 0. The van der Waals surface area contributed by atoms with Gasteiger partial charge in [-0.05, 0) is 29.3 Å². The van der Waals surface area contributed by atoms with E-state index in [9.17, 15) is 9.90 Å². The minimum Gasteiger partial charge on any atom is -0.395 e. The summed E-state index contributed by atoms with van der Waals surface area (Å²) in [4.78, 5) is 16.8. The number of amides is 1. The van der Waals surface area contributed by atoms with Gasteiger partial charge in [0.1, 0.15) is 0 Å². The number of aliphatic hydroxyl groups excluding tert-OH is 1. The molecule has 6 heteroatoms. The molecule has 4 N–H and O–H groups in total. The van der Waals surface area contributed by atoms with Crippen molar-refractivity contribution in [2.45, 2.75) is 13.1 Å². The van der Waals surface area contributed by atoms with E-state index < -0.39 is 5.91 Å². The predicted molar refractivity (Wildman–Crippen MR) is 95.2 cm³/mol. The molecule has 0 unspecified atom stereocenters. The van der Waals surface area contributed by atoms with Crippen LogP contribution in [-0.2, 0) is 13.1 Å². The standard InChI is InChI=1S/C19H21N3O3/c23-10-9-22(12-14-5-7-15(8-6-14)19(24)21-25)13-16-11-20-18-4-2-1-3-17(16)18/h1-8,11,20,23,25H,9-10,12-13H2,(H,21,24). The molecule has 0 atom stereocenters. The molecule has 0 saturated carbocycles. The number of benzene rings is 2. The fourth-order valence-corrected chi connectivity index (χ4v) is 2.94. The third-order valence-electron chi connectivity index (χ3n) is 4.21. The van der Waals surface area contributed by atoms with Gasteiger partial charge in [-0.25, -0.2) is 5.48 Å². The third kappa shape index (κ3) is 4.06. The molecule has 25 heavy (non-hydrogen) atoms. The molecule has 6 nitrogen and oxygen atoms in total. The Morgan fingerprint density at radius 3 is 2.56 bits per heavy atom. The average Bonchev–Trinajstić information content (AvgIpc) is 3.05. The Bertz CT molecular complexity index is 843. The normalized spacial score (nSPS) is 11.2. The van der Waals surface area contributed by atoms with E-state index in [0.717, 1.165) is 11.1 Å². The molecule has 0 radical (unpaired) electrons. The number of aliphatic hydroxyl groups is 1. The number of aromatic nitrogens is 1. The lowest BCUT2D eigenvalue weighted by Gasteiger charge is -2.21. The van der Waals surface area contributed by atoms with E-state index in [1.807, 2.05) is 36.5 Å². The van der Waals surface area contributed by atoms with Crippen molar-refractivity contribution in [2.75, 3.05) is 13.2 Å². The van der Waals surface area contributed by atoms with Crippen molar-refractivity contribution in [3.63, 3.8) is 0 Å². The number of para-hydroxylation sites is 1. The van der Waals surface area contributed by atoms with Crippen molar-refractivity contribution in [1.29, 1.82) is 0 Å². The van der Waals surface area contributed by atoms with Crippen molar-refractivity contribution >= 4 is 16.8 Å². The summed E-state index contributed by atoms with van der Waals surface area (Å²) < 4.78 is 0. The first kappa shape index (κ1) is 17.2. The van der Waals surface area contributed by atoms with Gasteiger partial charge in [0, 0.05) is 42.3 Å². The molecule has 0 aliphatic carbocycles. The summed E-state index contributed by atoms with van der Waals surface area (Å²) in [6, 6.07) is 15.2. The molecule has 0 bridgehead atoms. The van der Waals surface area contributed by atoms with Crippen LogP contribution < -0.4 is 5.48 Å². The van der Waals surface area contributed by atoms with Crippen LogP contribution in [0.3, 0.4) is 0 Å². The van der Waals surface area contributed by atoms with E-state index in [0.29, 0.717) is 25.2 Å². The van der Waals surface area contributed by atoms with Gasteiger partial charge in [-0.3, -0.25) is 14.9 Å². The molecule has 2 aromatic carbocycles. The maximum Gasteiger partial charge on any atom is 0.274 e. The molecule has 130 valence electrons. The van der Waals surface area contributed by atoms with Gasteiger partial charge < -0.3 is 10.1 Å². The van der Waals surface area contributed by atoms with Crippen LogP contribution in [0.15, 0.2) is 54.7 Å². The molecule has 0 fully saturated rings. The minimum absolute atomic E-state index is 0.0767. The van der Waals surface area contributed by atoms with E-state index >= 15 is 0 Å². The second kappa shape index (κ2) is 7.94. The highest BCUT2D eigenvalue weighted by Gasteiger charge is 2.11. The SMILES string of the molecule is O=C(NO)c1ccc(CN(CCO)Cc2c[nH]c3ccccc23)cc1. The van der Waals surface area contributed by atoms with Gasteiger partial charge in [0.25, 0.3) is 5.91 Å². The summed E-state index contributed by atoms with van der Waals surface area (Å²) in [5.41, 5.74) is 5.33. The van der Waals surface area contributed by atoms with E-state index in [2.05, 4.69) is 16.0 Å². The first-order valence-corrected chi connectivity index (χ1v) is 8.13. The van der Waals surface area contributed by atoms with Crippen molar-refractivity contribution in [2.24, 2.45) is 0 Å². The number of H-pyrrole nitrogens is 1. The lowest BCUT2D eigenvalue weighted by molar-refractivity contribution is 0.0706. The molecule has 0 spiro atoms. The molecule has 1 heterocycles. The number of carbonyl (C=O) groups excluding carboxylic acids is 1. The van der Waals surface area contributed by atoms with Gasteiger partial charge in [0.05, 0.1) is 6.61 Å². The number of hydroxylamine groups is 1. The summed E-state index contributed by atoms with van der Waals surface area (Å²) in [6.07, 6.45) is 2.00. The fraction of sp³-hybridized carbons (Fsp3) is 0.211. The number of aromatic amines is 1. The number of nitrogens with one attached hydrogen (secondary N) is 2. The fourth-order valence-electron chi connectivity index (χ4n) is 2.94. The van der Waals surface area contributed by atoms with Crippen LogP contribution in [0.2, 0.25) is 0 Å². The Labute approximate surface area is 145 Å². The molecule has 1 amide bonds. The van der Waals surface area contributed by atoms with Crippen molar-refractivity contribution in [3.05, 3.63) is 71.4 Å². The molecule has 0 aliphatic heterocycles. The van der Waals surface area contributed by atoms with E-state index in [4.69, 9.17) is 5.21 Å². The number of nitrogens with zero attached hydrogens (tertiary/aromatic N) is 1. The lowest BCUT2D eigenvalue weighted by atomic mass is 10.1. The van der Waals surface area contributed by atoms with Crippen molar-refractivity contribution in [1.82, 2.24) is 15.4 Å². The quantitative estimate of drug-likeness (QED) is 0.393. The Morgan fingerprint density at radius 1 is 1.08 bits per heavy atom. The maximum atomic E-state index is 11.4. The monoisotopic (exact) mass is 339 g/mol. The number of carbonyl (C=O) groups is 1. The van der Waals surface area contributed by atoms with Crippen LogP contribution in [0, 0.1) is 0 Å². The molecular formula is C19H21N3O3. The smallest absolute Gasteiger partial charge is 0.274 e. The second-order valence-corrected chi connectivity index (χ2v) is 5.93. The molecule has 1 aromatic heterocycles. The van der Waals surface area contributed by atoms with Crippen LogP contribution >= 0.6 is 0 Å². The number of rotatable bonds is 7. The number of fused-ring (bicyclic) bond motifs is 1. The lowest BCUT2D eigenvalue weighted by Crippen LogP contribution is -2.26. The first-order chi connectivity index (χ1) is 12.2. The van der Waals surface area contributed by atoms with Gasteiger partial charge >= 0.3 is 0 Å². The predicted octanol–water partition coefficient (Wildman–Crippen LogP) is 2.28. The zero-order chi connectivity index (χ0) is 17.6. The summed E-state index contributed by atoms with van der Waals surface area (Å²) in [5, 5.41) is 19.2. The molecule has 3 rings (SSSR count).